The summed E-state index contributed by atoms with van der Waals surface area (Å²) in [6.07, 6.45) is 12.6. The Morgan fingerprint density at radius 2 is 1.21 bits per heavy atom. The SMILES string of the molecule is CCCCCCC(CCCCCC)[C@H](SSC(C)(C)C)C(Cl)(Cl)Cl. The summed E-state index contributed by atoms with van der Waals surface area (Å²) in [5, 5.41) is 0.0648. The largest absolute Gasteiger partial charge is 0.203 e. The average molecular weight is 436 g/mol. The molecule has 24 heavy (non-hydrogen) atoms. The highest BCUT2D eigenvalue weighted by molar-refractivity contribution is 8.77. The molecule has 0 spiro atoms. The monoisotopic (exact) mass is 434 g/mol. The van der Waals surface area contributed by atoms with Crippen LogP contribution in [0.4, 0.5) is 0 Å². The Balaban J connectivity index is 4.80. The van der Waals surface area contributed by atoms with Crippen molar-refractivity contribution >= 4 is 56.4 Å². The van der Waals surface area contributed by atoms with Crippen LogP contribution in [0.25, 0.3) is 0 Å². The van der Waals surface area contributed by atoms with Crippen molar-refractivity contribution < 1.29 is 0 Å². The van der Waals surface area contributed by atoms with E-state index in [4.69, 9.17) is 34.8 Å². The van der Waals surface area contributed by atoms with Crippen LogP contribution < -0.4 is 0 Å². The van der Waals surface area contributed by atoms with Crippen LogP contribution in [0.1, 0.15) is 98.8 Å². The molecule has 0 amide bonds. The van der Waals surface area contributed by atoms with E-state index in [1.807, 2.05) is 10.8 Å². The molecular weight excluding hydrogens is 399 g/mol. The van der Waals surface area contributed by atoms with E-state index in [1.165, 1.54) is 64.2 Å². The van der Waals surface area contributed by atoms with Crippen LogP contribution in [0, 0.1) is 5.92 Å². The zero-order valence-electron chi connectivity index (χ0n) is 16.2. The number of alkyl halides is 3. The zero-order valence-corrected chi connectivity index (χ0v) is 20.1. The van der Waals surface area contributed by atoms with Gasteiger partial charge in [-0.15, -0.1) is 0 Å². The predicted molar refractivity (Wildman–Crippen MR) is 120 cm³/mol. The summed E-state index contributed by atoms with van der Waals surface area (Å²) < 4.78 is -1.02. The lowest BCUT2D eigenvalue weighted by Gasteiger charge is -2.33. The van der Waals surface area contributed by atoms with E-state index in [1.54, 1.807) is 10.8 Å². The highest BCUT2D eigenvalue weighted by atomic mass is 35.6. The molecule has 0 aliphatic carbocycles. The van der Waals surface area contributed by atoms with Gasteiger partial charge in [-0.3, -0.25) is 0 Å². The average Bonchev–Trinajstić information content (AvgIpc) is 2.44. The van der Waals surface area contributed by atoms with Crippen LogP contribution in [-0.4, -0.2) is 13.8 Å². The molecule has 5 heteroatoms. The van der Waals surface area contributed by atoms with Gasteiger partial charge < -0.3 is 0 Å². The van der Waals surface area contributed by atoms with Crippen molar-refractivity contribution in [2.45, 2.75) is 113 Å². The summed E-state index contributed by atoms with van der Waals surface area (Å²) in [6, 6.07) is 0. The third-order valence-corrected chi connectivity index (χ3v) is 9.06. The normalized spacial score (nSPS) is 14.4. The first-order chi connectivity index (χ1) is 11.1. The molecule has 146 valence electrons. The Morgan fingerprint density at radius 3 is 1.54 bits per heavy atom. The number of hydrogen-bond donors (Lipinski definition) is 0. The molecule has 0 radical (unpaired) electrons. The molecule has 0 saturated carbocycles. The Bertz CT molecular complexity index is 286. The predicted octanol–water partition coefficient (Wildman–Crippen LogP) is 9.46. The lowest BCUT2D eigenvalue weighted by molar-refractivity contribution is 0.396. The standard InChI is InChI=1S/C19H37Cl3S2/c1-6-8-10-12-14-16(15-13-11-9-7-2)17(19(20,21)22)23-24-18(3,4)5/h16-17H,6-15H2,1-5H3/t17-/m0/s1. The lowest BCUT2D eigenvalue weighted by atomic mass is 9.92. The third kappa shape index (κ3) is 13.7. The summed E-state index contributed by atoms with van der Waals surface area (Å²) >= 11 is 19.2. The van der Waals surface area contributed by atoms with E-state index in [-0.39, 0.29) is 10.00 Å². The maximum atomic E-state index is 6.40. The highest BCUT2D eigenvalue weighted by Gasteiger charge is 2.39. The molecule has 0 fully saturated rings. The molecule has 0 N–H and O–H groups in total. The van der Waals surface area contributed by atoms with Gasteiger partial charge in [-0.05, 0) is 18.8 Å². The van der Waals surface area contributed by atoms with Crippen LogP contribution >= 0.6 is 56.4 Å². The van der Waals surface area contributed by atoms with E-state index in [2.05, 4.69) is 34.6 Å². The summed E-state index contributed by atoms with van der Waals surface area (Å²) in [4.78, 5) is 0. The van der Waals surface area contributed by atoms with Crippen molar-refractivity contribution in [3.8, 4) is 0 Å². The van der Waals surface area contributed by atoms with Crippen molar-refractivity contribution in [3.05, 3.63) is 0 Å². The van der Waals surface area contributed by atoms with Crippen LogP contribution in [0.3, 0.4) is 0 Å². The minimum absolute atomic E-state index is 0.0648. The Labute approximate surface area is 174 Å². The second-order valence-corrected chi connectivity index (χ2v) is 13.3. The molecule has 1 atom stereocenters. The molecule has 0 rings (SSSR count). The van der Waals surface area contributed by atoms with E-state index in [9.17, 15) is 0 Å². The van der Waals surface area contributed by atoms with Gasteiger partial charge in [0, 0.05) is 4.75 Å². The third-order valence-electron chi connectivity index (χ3n) is 4.01. The van der Waals surface area contributed by atoms with E-state index in [0.29, 0.717) is 5.92 Å². The van der Waals surface area contributed by atoms with Crippen molar-refractivity contribution in [1.29, 1.82) is 0 Å². The van der Waals surface area contributed by atoms with Gasteiger partial charge in [0.05, 0.1) is 5.25 Å². The Kier molecular flexibility index (Phi) is 14.6. The molecule has 0 aromatic heterocycles. The number of halogens is 3. The maximum absolute atomic E-state index is 6.40. The fourth-order valence-electron chi connectivity index (χ4n) is 2.71. The molecule has 0 nitrogen and oxygen atoms in total. The Hall–Kier alpha value is 1.57. The van der Waals surface area contributed by atoms with Gasteiger partial charge >= 0.3 is 0 Å². The first kappa shape index (κ1) is 25.6. The fourth-order valence-corrected chi connectivity index (χ4v) is 7.13. The van der Waals surface area contributed by atoms with Gasteiger partial charge in [0.25, 0.3) is 0 Å². The number of rotatable bonds is 13. The molecule has 0 aliphatic heterocycles. The fraction of sp³-hybridized carbons (Fsp3) is 1.00. The summed E-state index contributed by atoms with van der Waals surface area (Å²) in [6.45, 7) is 11.2. The molecule has 0 unspecified atom stereocenters. The summed E-state index contributed by atoms with van der Waals surface area (Å²) in [7, 11) is 3.64. The van der Waals surface area contributed by atoms with Gasteiger partial charge in [0.2, 0.25) is 3.79 Å². The van der Waals surface area contributed by atoms with Gasteiger partial charge in [-0.25, -0.2) is 0 Å². The smallest absolute Gasteiger partial charge is 0.0877 e. The zero-order chi connectivity index (χ0) is 18.6. The van der Waals surface area contributed by atoms with Gasteiger partial charge in [0.1, 0.15) is 0 Å². The molecule has 0 saturated heterocycles. The van der Waals surface area contributed by atoms with E-state index < -0.39 is 3.79 Å². The van der Waals surface area contributed by atoms with Crippen LogP contribution in [0.15, 0.2) is 0 Å². The van der Waals surface area contributed by atoms with Crippen LogP contribution in [0.5, 0.6) is 0 Å². The van der Waals surface area contributed by atoms with Crippen LogP contribution in [-0.2, 0) is 0 Å². The molecule has 0 aromatic carbocycles. The number of unbranched alkanes of at least 4 members (excludes halogenated alkanes) is 6. The maximum Gasteiger partial charge on any atom is 0.203 e. The second-order valence-electron chi connectivity index (χ2n) is 7.71. The van der Waals surface area contributed by atoms with Crippen molar-refractivity contribution in [2.75, 3.05) is 0 Å². The first-order valence-electron chi connectivity index (χ1n) is 9.53. The lowest BCUT2D eigenvalue weighted by Crippen LogP contribution is -2.31. The molecular formula is C19H37Cl3S2. The quantitative estimate of drug-likeness (QED) is 0.160. The summed E-state index contributed by atoms with van der Waals surface area (Å²) in [5.41, 5.74) is 0. The minimum atomic E-state index is -1.19. The minimum Gasteiger partial charge on any atom is -0.0877 e. The van der Waals surface area contributed by atoms with E-state index >= 15 is 0 Å². The number of hydrogen-bond acceptors (Lipinski definition) is 2. The topological polar surface area (TPSA) is 0 Å². The van der Waals surface area contributed by atoms with Gasteiger partial charge in [0.15, 0.2) is 0 Å². The summed E-state index contributed by atoms with van der Waals surface area (Å²) in [5.74, 6) is 0.492. The van der Waals surface area contributed by atoms with Crippen molar-refractivity contribution in [2.24, 2.45) is 5.92 Å². The Morgan fingerprint density at radius 1 is 0.750 bits per heavy atom. The molecule has 0 bridgehead atoms. The van der Waals surface area contributed by atoms with Crippen molar-refractivity contribution in [3.63, 3.8) is 0 Å². The molecule has 0 aliphatic rings. The second kappa shape index (κ2) is 13.7. The van der Waals surface area contributed by atoms with Crippen molar-refractivity contribution in [1.82, 2.24) is 0 Å². The van der Waals surface area contributed by atoms with Gasteiger partial charge in [-0.2, -0.15) is 0 Å². The molecule has 0 aromatic rings. The van der Waals surface area contributed by atoms with Crippen LogP contribution in [0.2, 0.25) is 0 Å². The van der Waals surface area contributed by atoms with E-state index in [0.717, 1.165) is 0 Å². The first-order valence-corrected chi connectivity index (χ1v) is 12.9. The highest BCUT2D eigenvalue weighted by Crippen LogP contribution is 2.51. The van der Waals surface area contributed by atoms with Gasteiger partial charge in [-0.1, -0.05) is 142 Å². The molecule has 0 heterocycles.